The number of phenols is 1. The molecule has 2 rings (SSSR count). The fourth-order valence-electron chi connectivity index (χ4n) is 1.42. The second kappa shape index (κ2) is 4.59. The van der Waals surface area contributed by atoms with Gasteiger partial charge in [0.05, 0.1) is 3.57 Å². The predicted octanol–water partition coefficient (Wildman–Crippen LogP) is 4.46. The van der Waals surface area contributed by atoms with E-state index in [1.165, 1.54) is 12.1 Å². The van der Waals surface area contributed by atoms with Crippen molar-refractivity contribution >= 4 is 34.2 Å². The van der Waals surface area contributed by atoms with Gasteiger partial charge in [0, 0.05) is 16.1 Å². The lowest BCUT2D eigenvalue weighted by atomic mass is 10.0. The van der Waals surface area contributed by atoms with Crippen LogP contribution in [0.1, 0.15) is 0 Å². The van der Waals surface area contributed by atoms with Gasteiger partial charge in [0.1, 0.15) is 11.6 Å². The number of aromatic hydroxyl groups is 1. The third-order valence-corrected chi connectivity index (χ3v) is 3.38. The first-order chi connectivity index (χ1) is 7.59. The molecule has 4 heteroatoms. The zero-order valence-corrected chi connectivity index (χ0v) is 11.0. The van der Waals surface area contributed by atoms with Crippen molar-refractivity contribution in [3.05, 3.63) is 50.8 Å². The van der Waals surface area contributed by atoms with Crippen LogP contribution in [0, 0.1) is 9.39 Å². The van der Waals surface area contributed by atoms with Crippen LogP contribution < -0.4 is 0 Å². The maximum Gasteiger partial charge on any atom is 0.131 e. The van der Waals surface area contributed by atoms with E-state index in [-0.39, 0.29) is 11.6 Å². The number of hydrogen-bond acceptors (Lipinski definition) is 1. The lowest BCUT2D eigenvalue weighted by molar-refractivity contribution is 0.472. The first-order valence-corrected chi connectivity index (χ1v) is 5.98. The monoisotopic (exact) mass is 348 g/mol. The van der Waals surface area contributed by atoms with E-state index in [1.54, 1.807) is 24.3 Å². The second-order valence-electron chi connectivity index (χ2n) is 3.26. The van der Waals surface area contributed by atoms with Crippen molar-refractivity contribution in [1.29, 1.82) is 0 Å². The maximum absolute atomic E-state index is 13.5. The minimum atomic E-state index is -0.356. The van der Waals surface area contributed by atoms with Gasteiger partial charge in [-0.2, -0.15) is 0 Å². The van der Waals surface area contributed by atoms with Crippen LogP contribution in [0.25, 0.3) is 11.1 Å². The van der Waals surface area contributed by atoms with Crippen molar-refractivity contribution in [3.8, 4) is 16.9 Å². The predicted molar refractivity (Wildman–Crippen MR) is 71.2 cm³/mol. The minimum Gasteiger partial charge on any atom is -0.507 e. The molecular weight excluding hydrogens is 341 g/mol. The van der Waals surface area contributed by atoms with Crippen LogP contribution >= 0.6 is 34.2 Å². The summed E-state index contributed by atoms with van der Waals surface area (Å²) in [4.78, 5) is 0. The molecule has 16 heavy (non-hydrogen) atoms. The number of phenolic OH excluding ortho intramolecular Hbond substituents is 1. The standard InChI is InChI=1S/C12H7ClFIO/c13-9-6-11(15)12(16)5-8(9)7-3-1-2-4-10(7)14/h1-6,16H. The first-order valence-electron chi connectivity index (χ1n) is 4.52. The first kappa shape index (κ1) is 11.7. The SMILES string of the molecule is Oc1cc(-c2ccccc2F)c(Cl)cc1I. The smallest absolute Gasteiger partial charge is 0.131 e. The van der Waals surface area contributed by atoms with E-state index >= 15 is 0 Å². The Hall–Kier alpha value is -0.810. The van der Waals surface area contributed by atoms with Crippen LogP contribution in [-0.2, 0) is 0 Å². The summed E-state index contributed by atoms with van der Waals surface area (Å²) in [6, 6.07) is 9.41. The van der Waals surface area contributed by atoms with Gasteiger partial charge in [0.2, 0.25) is 0 Å². The molecule has 0 aliphatic carbocycles. The van der Waals surface area contributed by atoms with Gasteiger partial charge in [-0.25, -0.2) is 4.39 Å². The van der Waals surface area contributed by atoms with Crippen molar-refractivity contribution < 1.29 is 9.50 Å². The van der Waals surface area contributed by atoms with E-state index in [0.29, 0.717) is 19.7 Å². The summed E-state index contributed by atoms with van der Waals surface area (Å²) in [5.41, 5.74) is 0.886. The molecule has 0 aliphatic rings. The van der Waals surface area contributed by atoms with Gasteiger partial charge in [-0.3, -0.25) is 0 Å². The van der Waals surface area contributed by atoms with Gasteiger partial charge < -0.3 is 5.11 Å². The quantitative estimate of drug-likeness (QED) is 0.755. The summed E-state index contributed by atoms with van der Waals surface area (Å²) >= 11 is 7.99. The van der Waals surface area contributed by atoms with Crippen molar-refractivity contribution in [3.63, 3.8) is 0 Å². The molecule has 0 bridgehead atoms. The Balaban J connectivity index is 2.65. The molecule has 82 valence electrons. The number of hydrogen-bond donors (Lipinski definition) is 1. The molecule has 0 radical (unpaired) electrons. The highest BCUT2D eigenvalue weighted by atomic mass is 127. The molecule has 0 amide bonds. The van der Waals surface area contributed by atoms with Gasteiger partial charge >= 0.3 is 0 Å². The van der Waals surface area contributed by atoms with E-state index in [0.717, 1.165) is 0 Å². The van der Waals surface area contributed by atoms with Gasteiger partial charge in [0.15, 0.2) is 0 Å². The fourth-order valence-corrected chi connectivity index (χ4v) is 2.34. The zero-order valence-electron chi connectivity index (χ0n) is 8.05. The summed E-state index contributed by atoms with van der Waals surface area (Å²) in [6.45, 7) is 0. The molecule has 0 saturated heterocycles. The maximum atomic E-state index is 13.5. The minimum absolute atomic E-state index is 0.100. The molecule has 0 atom stereocenters. The molecule has 1 N–H and O–H groups in total. The van der Waals surface area contributed by atoms with Gasteiger partial charge in [-0.15, -0.1) is 0 Å². The molecule has 0 unspecified atom stereocenters. The molecule has 2 aromatic rings. The van der Waals surface area contributed by atoms with Crippen molar-refractivity contribution in [2.45, 2.75) is 0 Å². The average Bonchev–Trinajstić information content (AvgIpc) is 2.25. The number of rotatable bonds is 1. The van der Waals surface area contributed by atoms with E-state index < -0.39 is 0 Å². The Kier molecular flexibility index (Phi) is 3.35. The highest BCUT2D eigenvalue weighted by Crippen LogP contribution is 2.35. The Bertz CT molecular complexity index is 543. The average molecular weight is 349 g/mol. The number of benzene rings is 2. The third-order valence-electron chi connectivity index (χ3n) is 2.20. The summed E-state index contributed by atoms with van der Waals surface area (Å²) in [7, 11) is 0. The normalized spacial score (nSPS) is 10.4. The Morgan fingerprint density at radius 2 is 1.81 bits per heavy atom. The summed E-state index contributed by atoms with van der Waals surface area (Å²) < 4.78 is 14.2. The number of halogens is 3. The van der Waals surface area contributed by atoms with Gasteiger partial charge in [0.25, 0.3) is 0 Å². The lowest BCUT2D eigenvalue weighted by Gasteiger charge is -2.07. The van der Waals surface area contributed by atoms with E-state index in [2.05, 4.69) is 0 Å². The topological polar surface area (TPSA) is 20.2 Å². The van der Waals surface area contributed by atoms with Crippen LogP contribution in [0.2, 0.25) is 5.02 Å². The van der Waals surface area contributed by atoms with Crippen LogP contribution in [0.4, 0.5) is 4.39 Å². The van der Waals surface area contributed by atoms with Gasteiger partial charge in [-0.1, -0.05) is 29.8 Å². The van der Waals surface area contributed by atoms with Crippen LogP contribution in [0.3, 0.4) is 0 Å². The Morgan fingerprint density at radius 1 is 1.12 bits per heavy atom. The van der Waals surface area contributed by atoms with Crippen molar-refractivity contribution in [2.75, 3.05) is 0 Å². The third kappa shape index (κ3) is 2.15. The molecule has 1 nitrogen and oxygen atoms in total. The molecule has 0 aliphatic heterocycles. The molecular formula is C12H7ClFIO. The fraction of sp³-hybridized carbons (Fsp3) is 0. The molecule has 2 aromatic carbocycles. The molecule has 0 spiro atoms. The lowest BCUT2D eigenvalue weighted by Crippen LogP contribution is -1.86. The van der Waals surface area contributed by atoms with Crippen LogP contribution in [0.15, 0.2) is 36.4 Å². The van der Waals surface area contributed by atoms with Crippen molar-refractivity contribution in [1.82, 2.24) is 0 Å². The molecule has 0 fully saturated rings. The Morgan fingerprint density at radius 3 is 2.50 bits per heavy atom. The van der Waals surface area contributed by atoms with Crippen molar-refractivity contribution in [2.24, 2.45) is 0 Å². The highest BCUT2D eigenvalue weighted by Gasteiger charge is 2.11. The zero-order chi connectivity index (χ0) is 11.7. The van der Waals surface area contributed by atoms with E-state index in [9.17, 15) is 9.50 Å². The van der Waals surface area contributed by atoms with E-state index in [1.807, 2.05) is 22.6 Å². The van der Waals surface area contributed by atoms with Gasteiger partial charge in [-0.05, 0) is 40.8 Å². The summed E-state index contributed by atoms with van der Waals surface area (Å²) in [6.07, 6.45) is 0. The van der Waals surface area contributed by atoms with Crippen LogP contribution in [-0.4, -0.2) is 5.11 Å². The summed E-state index contributed by atoms with van der Waals surface area (Å²) in [5, 5.41) is 10.0. The van der Waals surface area contributed by atoms with E-state index in [4.69, 9.17) is 11.6 Å². The highest BCUT2D eigenvalue weighted by molar-refractivity contribution is 14.1. The summed E-state index contributed by atoms with van der Waals surface area (Å²) in [5.74, 6) is -0.256. The second-order valence-corrected chi connectivity index (χ2v) is 4.83. The largest absolute Gasteiger partial charge is 0.507 e. The Labute approximate surface area is 111 Å². The molecule has 0 aromatic heterocycles. The van der Waals surface area contributed by atoms with Crippen LogP contribution in [0.5, 0.6) is 5.75 Å². The molecule has 0 saturated carbocycles. The molecule has 0 heterocycles.